The number of carbonyl (C=O) groups excluding carboxylic acids is 4. The van der Waals surface area contributed by atoms with Crippen molar-refractivity contribution in [1.82, 2.24) is 9.80 Å². The zero-order valence-corrected chi connectivity index (χ0v) is 32.4. The van der Waals surface area contributed by atoms with Gasteiger partial charge in [-0.2, -0.15) is 0 Å². The molecule has 2 aliphatic rings. The Balaban J connectivity index is 1.31. The molecule has 0 saturated carbocycles. The molecule has 4 N–H and O–H groups in total. The molecule has 2 unspecified atom stereocenters. The van der Waals surface area contributed by atoms with Gasteiger partial charge in [0.25, 0.3) is 11.8 Å². The molecule has 2 aromatic carbocycles. The summed E-state index contributed by atoms with van der Waals surface area (Å²) in [5, 5.41) is 0. The van der Waals surface area contributed by atoms with Crippen molar-refractivity contribution in [2.45, 2.75) is 71.9 Å². The van der Waals surface area contributed by atoms with Crippen LogP contribution in [0.25, 0.3) is 0 Å². The summed E-state index contributed by atoms with van der Waals surface area (Å²) in [6.07, 6.45) is 14.3. The number of carbonyl (C=O) groups is 4. The van der Waals surface area contributed by atoms with Crippen molar-refractivity contribution in [2.24, 2.45) is 0 Å². The third-order valence-electron chi connectivity index (χ3n) is 8.96. The summed E-state index contributed by atoms with van der Waals surface area (Å²) in [4.78, 5) is 53.3. The highest BCUT2D eigenvalue weighted by Crippen LogP contribution is 2.36. The van der Waals surface area contributed by atoms with Gasteiger partial charge in [0.15, 0.2) is 23.0 Å². The van der Waals surface area contributed by atoms with E-state index in [2.05, 4.69) is 0 Å². The van der Waals surface area contributed by atoms with E-state index in [4.69, 9.17) is 39.9 Å². The number of ether oxygens (including phenoxy) is 6. The van der Waals surface area contributed by atoms with Crippen molar-refractivity contribution in [3.05, 3.63) is 83.2 Å². The summed E-state index contributed by atoms with van der Waals surface area (Å²) in [5.41, 5.74) is 15.5. The molecular formula is C41H52N4O10. The van der Waals surface area contributed by atoms with E-state index in [1.54, 1.807) is 46.5 Å². The maximum atomic E-state index is 13.6. The number of nitrogen functional groups attached to an aromatic ring is 2. The van der Waals surface area contributed by atoms with Gasteiger partial charge in [0, 0.05) is 49.8 Å². The molecule has 0 aliphatic carbocycles. The normalized spacial score (nSPS) is 16.6. The number of benzene rings is 2. The minimum atomic E-state index is -0.420. The fraction of sp³-hybridized carbons (Fsp3) is 0.415. The number of amides is 2. The van der Waals surface area contributed by atoms with Crippen LogP contribution >= 0.6 is 0 Å². The Kier molecular flexibility index (Phi) is 15.2. The van der Waals surface area contributed by atoms with E-state index in [1.807, 2.05) is 38.2 Å². The van der Waals surface area contributed by atoms with Crippen LogP contribution in [0.15, 0.2) is 72.1 Å². The van der Waals surface area contributed by atoms with Gasteiger partial charge in [-0.25, -0.2) is 0 Å². The second-order valence-corrected chi connectivity index (χ2v) is 13.1. The first-order valence-corrected chi connectivity index (χ1v) is 18.2. The number of unbranched alkanes of at least 4 members (excludes halogenated alkanes) is 2. The van der Waals surface area contributed by atoms with Crippen molar-refractivity contribution in [3.8, 4) is 23.0 Å². The second kappa shape index (κ2) is 20.0. The molecule has 2 heterocycles. The van der Waals surface area contributed by atoms with Crippen LogP contribution in [0.5, 0.6) is 23.0 Å². The van der Waals surface area contributed by atoms with Crippen LogP contribution < -0.4 is 30.4 Å². The largest absolute Gasteiger partial charge is 0.493 e. The number of nitrogens with two attached hydrogens (primary N) is 2. The summed E-state index contributed by atoms with van der Waals surface area (Å²) in [5.74, 6) is 0.0146. The average molecular weight is 761 g/mol. The molecule has 0 radical (unpaired) electrons. The smallest absolute Gasteiger partial charge is 0.302 e. The van der Waals surface area contributed by atoms with E-state index in [-0.39, 0.29) is 59.6 Å². The van der Waals surface area contributed by atoms with Gasteiger partial charge in [0.2, 0.25) is 0 Å². The maximum Gasteiger partial charge on any atom is 0.302 e. The van der Waals surface area contributed by atoms with Gasteiger partial charge in [-0.15, -0.1) is 0 Å². The third kappa shape index (κ3) is 11.1. The molecule has 2 aliphatic heterocycles. The predicted octanol–water partition coefficient (Wildman–Crippen LogP) is 5.97. The lowest BCUT2D eigenvalue weighted by Crippen LogP contribution is -2.37. The Bertz CT molecular complexity index is 1720. The molecule has 4 rings (SSSR count). The number of anilines is 2. The fourth-order valence-electron chi connectivity index (χ4n) is 6.31. The van der Waals surface area contributed by atoms with E-state index in [0.29, 0.717) is 61.9 Å². The quantitative estimate of drug-likeness (QED) is 0.103. The molecule has 0 bridgehead atoms. The van der Waals surface area contributed by atoms with Crippen molar-refractivity contribution < 1.29 is 47.6 Å². The van der Waals surface area contributed by atoms with E-state index in [9.17, 15) is 19.2 Å². The number of allylic oxidation sites excluding steroid dienone is 4. The maximum absolute atomic E-state index is 13.6. The number of esters is 2. The predicted molar refractivity (Wildman–Crippen MR) is 208 cm³/mol. The number of methoxy groups -OCH3 is 2. The van der Waals surface area contributed by atoms with Crippen LogP contribution in [0.2, 0.25) is 0 Å². The van der Waals surface area contributed by atoms with E-state index in [0.717, 1.165) is 17.6 Å². The zero-order chi connectivity index (χ0) is 40.1. The van der Waals surface area contributed by atoms with Crippen molar-refractivity contribution >= 4 is 35.1 Å². The Morgan fingerprint density at radius 3 is 1.40 bits per heavy atom. The molecule has 0 spiro atoms. The molecule has 14 heteroatoms. The molecule has 0 saturated heterocycles. The van der Waals surface area contributed by atoms with Gasteiger partial charge in [0.05, 0.1) is 50.6 Å². The lowest BCUT2D eigenvalue weighted by atomic mass is 10.1. The van der Waals surface area contributed by atoms with Crippen LogP contribution in [0.4, 0.5) is 11.4 Å². The van der Waals surface area contributed by atoms with E-state index in [1.165, 1.54) is 28.1 Å². The van der Waals surface area contributed by atoms with Gasteiger partial charge >= 0.3 is 11.9 Å². The first kappa shape index (κ1) is 41.8. The highest BCUT2D eigenvalue weighted by Gasteiger charge is 2.33. The summed E-state index contributed by atoms with van der Waals surface area (Å²) >= 11 is 0. The number of hydrogen-bond acceptors (Lipinski definition) is 12. The van der Waals surface area contributed by atoms with Gasteiger partial charge in [-0.3, -0.25) is 19.2 Å². The summed E-state index contributed by atoms with van der Waals surface area (Å²) in [7, 11) is 2.98. The minimum Gasteiger partial charge on any atom is -0.493 e. The zero-order valence-electron chi connectivity index (χ0n) is 32.4. The Morgan fingerprint density at radius 2 is 1.05 bits per heavy atom. The topological polar surface area (TPSA) is 182 Å². The monoisotopic (exact) mass is 760 g/mol. The summed E-state index contributed by atoms with van der Waals surface area (Å²) in [6.45, 7) is 7.30. The Morgan fingerprint density at radius 1 is 0.655 bits per heavy atom. The molecule has 296 valence electrons. The van der Waals surface area contributed by atoms with Crippen molar-refractivity contribution in [2.75, 3.05) is 52.1 Å². The van der Waals surface area contributed by atoms with Crippen LogP contribution in [-0.4, -0.2) is 86.3 Å². The first-order valence-electron chi connectivity index (χ1n) is 18.2. The number of nitrogens with zero attached hydrogens (tertiary/aromatic N) is 2. The molecule has 2 aromatic rings. The molecule has 2 amide bonds. The van der Waals surface area contributed by atoms with E-state index >= 15 is 0 Å². The lowest BCUT2D eigenvalue weighted by molar-refractivity contribution is -0.143. The molecule has 0 fully saturated rings. The van der Waals surface area contributed by atoms with Crippen LogP contribution in [0, 0.1) is 0 Å². The van der Waals surface area contributed by atoms with Crippen LogP contribution in [0.3, 0.4) is 0 Å². The summed E-state index contributed by atoms with van der Waals surface area (Å²) in [6, 6.07) is 5.56. The molecule has 55 heavy (non-hydrogen) atoms. The minimum absolute atomic E-state index is 0.0630. The number of hydrogen-bond donors (Lipinski definition) is 2. The standard InChI is InChI=1S/C41H52N4O10/c1-7-12-28-16-30(24-54-26(3)46)44(22-28)40(48)32-18-36(50-5)38(20-34(32)42)52-14-10-9-11-15-53-39-21-35(43)33(19-37(39)51-6)41(49)45-23-29(13-8-2)17-31(45)25-55-27(4)47/h7-8,12-13,18-23,30-31H,9-11,14-17,24-25,42-43H2,1-6H3. The Hall–Kier alpha value is -5.92. The van der Waals surface area contributed by atoms with Gasteiger partial charge < -0.3 is 49.7 Å². The fourth-order valence-corrected chi connectivity index (χ4v) is 6.31. The molecule has 14 nitrogen and oxygen atoms in total. The molecular weight excluding hydrogens is 708 g/mol. The second-order valence-electron chi connectivity index (χ2n) is 13.1. The average Bonchev–Trinajstić information content (AvgIpc) is 3.76. The van der Waals surface area contributed by atoms with Gasteiger partial charge in [-0.1, -0.05) is 24.3 Å². The summed E-state index contributed by atoms with van der Waals surface area (Å²) < 4.78 is 33.5. The van der Waals surface area contributed by atoms with Gasteiger partial charge in [0.1, 0.15) is 13.2 Å². The Labute approximate surface area is 322 Å². The lowest BCUT2D eigenvalue weighted by Gasteiger charge is -2.24. The van der Waals surface area contributed by atoms with Crippen LogP contribution in [-0.2, 0) is 19.1 Å². The van der Waals surface area contributed by atoms with Crippen LogP contribution in [0.1, 0.15) is 80.5 Å². The van der Waals surface area contributed by atoms with Crippen molar-refractivity contribution in [3.63, 3.8) is 0 Å². The van der Waals surface area contributed by atoms with Gasteiger partial charge in [-0.05, 0) is 69.2 Å². The highest BCUT2D eigenvalue weighted by molar-refractivity contribution is 6.02. The third-order valence-corrected chi connectivity index (χ3v) is 8.96. The molecule has 2 atom stereocenters. The number of rotatable bonds is 18. The van der Waals surface area contributed by atoms with E-state index < -0.39 is 11.9 Å². The molecule has 0 aromatic heterocycles. The highest BCUT2D eigenvalue weighted by atomic mass is 16.5. The SMILES string of the molecule is CC=CC1=CN(C(=O)c2cc(OC)c(OCCCCCOc3cc(N)c(C(=O)N4C=C(C=CC)CC4COC(C)=O)cc3OC)cc2N)C(COC(C)=O)C1. The first-order chi connectivity index (χ1) is 26.4. The van der Waals surface area contributed by atoms with Crippen molar-refractivity contribution in [1.29, 1.82) is 0 Å².